The van der Waals surface area contributed by atoms with Crippen LogP contribution in [0.1, 0.15) is 19.8 Å². The maximum Gasteiger partial charge on any atom is 0.167 e. The van der Waals surface area contributed by atoms with Crippen LogP contribution in [-0.2, 0) is 0 Å². The summed E-state index contributed by atoms with van der Waals surface area (Å²) in [5, 5.41) is 5.42. The Morgan fingerprint density at radius 2 is 1.92 bits per heavy atom. The van der Waals surface area contributed by atoms with Crippen LogP contribution >= 0.6 is 0 Å². The maximum atomic E-state index is 14.2. The Hall–Kier alpha value is -3.30. The number of pyridine rings is 1. The fraction of sp³-hybridized carbons (Fsp3) is 0.444. The first-order valence-corrected chi connectivity index (χ1v) is 12.7. The van der Waals surface area contributed by atoms with Crippen LogP contribution in [0.3, 0.4) is 0 Å². The van der Waals surface area contributed by atoms with Gasteiger partial charge >= 0.3 is 0 Å². The molecule has 36 heavy (non-hydrogen) atoms. The minimum absolute atomic E-state index is 0.194. The molecule has 4 atom stereocenters. The van der Waals surface area contributed by atoms with E-state index in [-0.39, 0.29) is 5.75 Å². The Bertz CT molecular complexity index is 1460. The molecule has 7 rings (SSSR count). The van der Waals surface area contributed by atoms with Gasteiger partial charge in [-0.3, -0.25) is 9.88 Å². The predicted octanol–water partition coefficient (Wildman–Crippen LogP) is 3.45. The van der Waals surface area contributed by atoms with Crippen LogP contribution in [0.15, 0.2) is 43.0 Å². The molecule has 0 N–H and O–H groups in total. The molecular formula is C27H30FN7O. The van der Waals surface area contributed by atoms with E-state index in [1.54, 1.807) is 12.3 Å². The first kappa shape index (κ1) is 21.9. The summed E-state index contributed by atoms with van der Waals surface area (Å²) in [5.41, 5.74) is 4.21. The molecule has 3 aromatic heterocycles. The lowest BCUT2D eigenvalue weighted by molar-refractivity contribution is 0.190. The highest BCUT2D eigenvalue weighted by Crippen LogP contribution is 2.43. The zero-order valence-electron chi connectivity index (χ0n) is 20.8. The number of piperidine rings is 1. The number of ether oxygens (including phenoxy) is 1. The SMILES string of the molecule is COc1cc2c(-c3cnn4cc(N5CCC(N6C7[C@H]6CN(C)[C@H]7C)CC5)cnc34)ccnc2cc1F. The lowest BCUT2D eigenvalue weighted by atomic mass is 10.0. The Kier molecular flexibility index (Phi) is 4.94. The van der Waals surface area contributed by atoms with Gasteiger partial charge < -0.3 is 14.5 Å². The van der Waals surface area contributed by atoms with Crippen LogP contribution in [0.25, 0.3) is 27.7 Å². The van der Waals surface area contributed by atoms with E-state index in [0.717, 1.165) is 53.0 Å². The van der Waals surface area contributed by atoms with E-state index in [1.165, 1.54) is 32.6 Å². The van der Waals surface area contributed by atoms with Crippen LogP contribution in [-0.4, -0.2) is 87.3 Å². The highest BCUT2D eigenvalue weighted by molar-refractivity contribution is 5.98. The van der Waals surface area contributed by atoms with Crippen LogP contribution in [0.2, 0.25) is 0 Å². The molecule has 3 saturated heterocycles. The highest BCUT2D eigenvalue weighted by Gasteiger charge is 2.59. The van der Waals surface area contributed by atoms with Gasteiger partial charge in [0.05, 0.1) is 36.9 Å². The average Bonchev–Trinajstić information content (AvgIpc) is 3.30. The smallest absolute Gasteiger partial charge is 0.167 e. The summed E-state index contributed by atoms with van der Waals surface area (Å²) in [7, 11) is 3.71. The fourth-order valence-corrected chi connectivity index (χ4v) is 6.51. The lowest BCUT2D eigenvalue weighted by Gasteiger charge is -2.36. The zero-order valence-corrected chi connectivity index (χ0v) is 20.8. The summed E-state index contributed by atoms with van der Waals surface area (Å²) in [4.78, 5) is 16.8. The monoisotopic (exact) mass is 487 g/mol. The van der Waals surface area contributed by atoms with E-state index in [9.17, 15) is 4.39 Å². The zero-order chi connectivity index (χ0) is 24.6. The second-order valence-electron chi connectivity index (χ2n) is 10.4. The topological polar surface area (TPSA) is 61.8 Å². The molecule has 8 nitrogen and oxygen atoms in total. The number of rotatable bonds is 4. The number of benzene rings is 1. The Balaban J connectivity index is 1.13. The number of fused-ring (bicyclic) bond motifs is 3. The van der Waals surface area contributed by atoms with E-state index in [1.807, 2.05) is 23.0 Å². The third kappa shape index (κ3) is 3.29. The van der Waals surface area contributed by atoms with Crippen LogP contribution in [0, 0.1) is 5.82 Å². The van der Waals surface area contributed by atoms with E-state index < -0.39 is 5.82 Å². The molecule has 3 aliphatic rings. The van der Waals surface area contributed by atoms with Crippen molar-refractivity contribution in [3.05, 3.63) is 48.8 Å². The van der Waals surface area contributed by atoms with Crippen molar-refractivity contribution in [2.45, 2.75) is 43.9 Å². The van der Waals surface area contributed by atoms with Crippen molar-refractivity contribution >= 4 is 22.2 Å². The van der Waals surface area contributed by atoms with E-state index >= 15 is 0 Å². The summed E-state index contributed by atoms with van der Waals surface area (Å²) in [6, 6.07) is 7.91. The quantitative estimate of drug-likeness (QED) is 0.409. The molecule has 0 aliphatic carbocycles. The molecular weight excluding hydrogens is 457 g/mol. The molecule has 4 aromatic rings. The van der Waals surface area contributed by atoms with Gasteiger partial charge in [0.25, 0.3) is 0 Å². The molecule has 0 saturated carbocycles. The molecule has 3 fully saturated rings. The summed E-state index contributed by atoms with van der Waals surface area (Å²) in [6.45, 7) is 5.64. The molecule has 0 radical (unpaired) electrons. The number of hydrogen-bond donors (Lipinski definition) is 0. The van der Waals surface area contributed by atoms with Gasteiger partial charge in [0.2, 0.25) is 0 Å². The number of nitrogens with zero attached hydrogens (tertiary/aromatic N) is 7. The van der Waals surface area contributed by atoms with Gasteiger partial charge in [0, 0.05) is 67.0 Å². The highest BCUT2D eigenvalue weighted by atomic mass is 19.1. The number of aromatic nitrogens is 4. The number of hydrogen-bond acceptors (Lipinski definition) is 7. The van der Waals surface area contributed by atoms with Gasteiger partial charge in [-0.2, -0.15) is 5.10 Å². The Morgan fingerprint density at radius 3 is 2.67 bits per heavy atom. The summed E-state index contributed by atoms with van der Waals surface area (Å²) >= 11 is 0. The van der Waals surface area contributed by atoms with Gasteiger partial charge in [-0.15, -0.1) is 0 Å². The number of likely N-dealkylation sites (N-methyl/N-ethyl adjacent to an activating group) is 1. The molecule has 186 valence electrons. The third-order valence-corrected chi connectivity index (χ3v) is 8.60. The van der Waals surface area contributed by atoms with E-state index in [2.05, 4.69) is 45.0 Å². The summed E-state index contributed by atoms with van der Waals surface area (Å²) in [5.74, 6) is -0.232. The van der Waals surface area contributed by atoms with Crippen molar-refractivity contribution in [3.8, 4) is 16.9 Å². The second-order valence-corrected chi connectivity index (χ2v) is 10.4. The van der Waals surface area contributed by atoms with Crippen LogP contribution < -0.4 is 9.64 Å². The predicted molar refractivity (Wildman–Crippen MR) is 137 cm³/mol. The molecule has 0 amide bonds. The first-order valence-electron chi connectivity index (χ1n) is 12.7. The molecule has 9 heteroatoms. The van der Waals surface area contributed by atoms with Crippen LogP contribution in [0.4, 0.5) is 10.1 Å². The number of anilines is 1. The number of halogens is 1. The van der Waals surface area contributed by atoms with E-state index in [0.29, 0.717) is 17.6 Å². The van der Waals surface area contributed by atoms with Gasteiger partial charge in [-0.1, -0.05) is 0 Å². The minimum atomic E-state index is -0.426. The van der Waals surface area contributed by atoms with Crippen molar-refractivity contribution in [1.29, 1.82) is 0 Å². The third-order valence-electron chi connectivity index (χ3n) is 8.60. The lowest BCUT2D eigenvalue weighted by Crippen LogP contribution is -2.43. The average molecular weight is 488 g/mol. The molecule has 0 bridgehead atoms. The first-order chi connectivity index (χ1) is 17.5. The number of likely N-dealkylation sites (tertiary alicyclic amines) is 1. The molecule has 1 aromatic carbocycles. The number of methoxy groups -OCH3 is 1. The molecule has 3 aliphatic heterocycles. The standard InChI is InChI=1S/C27H30FN7O/c1-16-26-24(15-32(16)2)35(26)17-5-8-33(9-6-17)18-12-30-27-21(13-31-34(27)14-18)19-4-7-29-23-11-22(28)25(36-3)10-20(19)23/h4,7,10-14,16-17,24,26H,5-6,8-9,15H2,1-3H3/t16-,24+,26?,35?/m0/s1. The minimum Gasteiger partial charge on any atom is -0.494 e. The van der Waals surface area contributed by atoms with Crippen molar-refractivity contribution in [2.24, 2.45) is 0 Å². The Morgan fingerprint density at radius 1 is 1.08 bits per heavy atom. The summed E-state index contributed by atoms with van der Waals surface area (Å²) in [6.07, 6.45) is 9.90. The van der Waals surface area contributed by atoms with Gasteiger partial charge in [-0.25, -0.2) is 13.9 Å². The molecule has 2 unspecified atom stereocenters. The number of piperazine rings is 1. The van der Waals surface area contributed by atoms with Crippen molar-refractivity contribution in [1.82, 2.24) is 29.4 Å². The van der Waals surface area contributed by atoms with Gasteiger partial charge in [0.1, 0.15) is 0 Å². The fourth-order valence-electron chi connectivity index (χ4n) is 6.51. The van der Waals surface area contributed by atoms with Crippen LogP contribution in [0.5, 0.6) is 5.75 Å². The normalized spacial score (nSPS) is 26.6. The van der Waals surface area contributed by atoms with Crippen molar-refractivity contribution in [2.75, 3.05) is 38.7 Å². The largest absolute Gasteiger partial charge is 0.494 e. The van der Waals surface area contributed by atoms with E-state index in [4.69, 9.17) is 9.72 Å². The van der Waals surface area contributed by atoms with Crippen molar-refractivity contribution in [3.63, 3.8) is 0 Å². The second kappa shape index (κ2) is 8.11. The Labute approximate surface area is 209 Å². The van der Waals surface area contributed by atoms with Crippen molar-refractivity contribution < 1.29 is 9.13 Å². The maximum absolute atomic E-state index is 14.2. The van der Waals surface area contributed by atoms with Gasteiger partial charge in [0.15, 0.2) is 17.2 Å². The molecule has 6 heterocycles. The summed E-state index contributed by atoms with van der Waals surface area (Å²) < 4.78 is 21.3. The molecule has 0 spiro atoms. The van der Waals surface area contributed by atoms with Gasteiger partial charge in [-0.05, 0) is 44.5 Å².